The van der Waals surface area contributed by atoms with E-state index in [1.54, 1.807) is 0 Å². The Bertz CT molecular complexity index is 625. The van der Waals surface area contributed by atoms with E-state index in [0.29, 0.717) is 0 Å². The van der Waals surface area contributed by atoms with Crippen molar-refractivity contribution in [3.63, 3.8) is 0 Å². The Hall–Kier alpha value is -1.13. The Morgan fingerprint density at radius 1 is 1.14 bits per heavy atom. The molecule has 0 saturated heterocycles. The lowest BCUT2D eigenvalue weighted by atomic mass is 9.86. The van der Waals surface area contributed by atoms with E-state index in [4.69, 9.17) is 0 Å². The molecule has 112 valence electrons. The Balaban J connectivity index is 2.06. The highest BCUT2D eigenvalue weighted by molar-refractivity contribution is 9.11. The predicted molar refractivity (Wildman–Crippen MR) is 93.0 cm³/mol. The molecule has 2 aromatic rings. The molecule has 2 nitrogen and oxygen atoms in total. The van der Waals surface area contributed by atoms with Crippen molar-refractivity contribution in [2.24, 2.45) is 0 Å². The smallest absolute Gasteiger partial charge is 0.261 e. The fourth-order valence-corrected chi connectivity index (χ4v) is 3.35. The number of amides is 1. The van der Waals surface area contributed by atoms with Crippen LogP contribution in [0.2, 0.25) is 0 Å². The molecule has 0 radical (unpaired) electrons. The van der Waals surface area contributed by atoms with Crippen molar-refractivity contribution in [1.82, 2.24) is 5.32 Å². The first-order valence-electron chi connectivity index (χ1n) is 6.94. The summed E-state index contributed by atoms with van der Waals surface area (Å²) in [5.41, 5.74) is 2.56. The van der Waals surface area contributed by atoms with E-state index < -0.39 is 0 Å². The Labute approximate surface area is 138 Å². The van der Waals surface area contributed by atoms with Gasteiger partial charge in [-0.05, 0) is 51.5 Å². The van der Waals surface area contributed by atoms with Gasteiger partial charge in [-0.1, -0.05) is 45.0 Å². The van der Waals surface area contributed by atoms with E-state index in [9.17, 15) is 4.79 Å². The summed E-state index contributed by atoms with van der Waals surface area (Å²) in [6.45, 7) is 8.60. The number of thiophene rings is 1. The first-order chi connectivity index (χ1) is 9.77. The summed E-state index contributed by atoms with van der Waals surface area (Å²) in [6, 6.07) is 12.2. The maximum atomic E-state index is 12.1. The highest BCUT2D eigenvalue weighted by Crippen LogP contribution is 2.25. The van der Waals surface area contributed by atoms with Crippen LogP contribution in [0.1, 0.15) is 54.5 Å². The first kappa shape index (κ1) is 16.2. The number of nitrogens with one attached hydrogen (secondary N) is 1. The normalized spacial score (nSPS) is 13.0. The van der Waals surface area contributed by atoms with Crippen LogP contribution in [0.15, 0.2) is 40.2 Å². The fourth-order valence-electron chi connectivity index (χ4n) is 2.06. The fraction of sp³-hybridized carbons (Fsp3) is 0.353. The highest BCUT2D eigenvalue weighted by atomic mass is 79.9. The van der Waals surface area contributed by atoms with Gasteiger partial charge >= 0.3 is 0 Å². The minimum atomic E-state index is -0.0295. The summed E-state index contributed by atoms with van der Waals surface area (Å²) < 4.78 is 0.967. The van der Waals surface area contributed by atoms with Crippen molar-refractivity contribution in [2.45, 2.75) is 39.2 Å². The summed E-state index contributed by atoms with van der Waals surface area (Å²) in [5, 5.41) is 3.03. The molecule has 0 spiro atoms. The van der Waals surface area contributed by atoms with Crippen molar-refractivity contribution in [3.8, 4) is 0 Å². The summed E-state index contributed by atoms with van der Waals surface area (Å²) in [7, 11) is 0. The first-order valence-corrected chi connectivity index (χ1v) is 8.55. The number of hydrogen-bond acceptors (Lipinski definition) is 2. The van der Waals surface area contributed by atoms with Crippen LogP contribution in [-0.4, -0.2) is 5.91 Å². The molecule has 1 heterocycles. The number of halogens is 1. The number of carbonyl (C=O) groups is 1. The Morgan fingerprint density at radius 2 is 1.76 bits per heavy atom. The SMILES string of the molecule is CC(NC(=O)c1ccc(Br)s1)c1ccc(C(C)(C)C)cc1. The molecular formula is C17H20BrNOS. The number of benzene rings is 1. The van der Waals surface area contributed by atoms with Gasteiger partial charge in [0.15, 0.2) is 0 Å². The number of carbonyl (C=O) groups excluding carboxylic acids is 1. The molecule has 1 N–H and O–H groups in total. The van der Waals surface area contributed by atoms with Gasteiger partial charge in [-0.3, -0.25) is 4.79 Å². The molecule has 0 fully saturated rings. The number of hydrogen-bond donors (Lipinski definition) is 1. The lowest BCUT2D eigenvalue weighted by Crippen LogP contribution is -2.26. The summed E-state index contributed by atoms with van der Waals surface area (Å²) in [6.07, 6.45) is 0. The zero-order valence-corrected chi connectivity index (χ0v) is 15.1. The van der Waals surface area contributed by atoms with Crippen LogP contribution in [0.25, 0.3) is 0 Å². The maximum Gasteiger partial charge on any atom is 0.261 e. The summed E-state index contributed by atoms with van der Waals surface area (Å²) >= 11 is 4.82. The molecule has 1 aromatic heterocycles. The number of rotatable bonds is 3. The van der Waals surface area contributed by atoms with E-state index in [-0.39, 0.29) is 17.4 Å². The molecule has 2 rings (SSSR count). The molecule has 1 unspecified atom stereocenters. The minimum absolute atomic E-state index is 0.00704. The van der Waals surface area contributed by atoms with Gasteiger partial charge < -0.3 is 5.32 Å². The largest absolute Gasteiger partial charge is 0.345 e. The van der Waals surface area contributed by atoms with E-state index in [1.165, 1.54) is 16.9 Å². The van der Waals surface area contributed by atoms with Crippen LogP contribution in [0.5, 0.6) is 0 Å². The molecule has 21 heavy (non-hydrogen) atoms. The van der Waals surface area contributed by atoms with Crippen molar-refractivity contribution in [1.29, 1.82) is 0 Å². The van der Waals surface area contributed by atoms with Gasteiger partial charge in [0.25, 0.3) is 5.91 Å². The Morgan fingerprint density at radius 3 is 2.24 bits per heavy atom. The molecule has 0 saturated carbocycles. The maximum absolute atomic E-state index is 12.1. The van der Waals surface area contributed by atoms with E-state index in [0.717, 1.165) is 14.2 Å². The van der Waals surface area contributed by atoms with Crippen LogP contribution in [0, 0.1) is 0 Å². The van der Waals surface area contributed by atoms with Gasteiger partial charge in [-0.25, -0.2) is 0 Å². The lowest BCUT2D eigenvalue weighted by molar-refractivity contribution is 0.0944. The second-order valence-corrected chi connectivity index (χ2v) is 8.63. The summed E-state index contributed by atoms with van der Waals surface area (Å²) in [5.74, 6) is -0.0295. The second kappa shape index (κ2) is 6.32. The second-order valence-electron chi connectivity index (χ2n) is 6.17. The molecular weight excluding hydrogens is 346 g/mol. The van der Waals surface area contributed by atoms with Gasteiger partial charge in [0.05, 0.1) is 14.7 Å². The third kappa shape index (κ3) is 4.17. The van der Waals surface area contributed by atoms with Crippen LogP contribution in [0.4, 0.5) is 0 Å². The van der Waals surface area contributed by atoms with Gasteiger partial charge in [0.1, 0.15) is 0 Å². The topological polar surface area (TPSA) is 29.1 Å². The van der Waals surface area contributed by atoms with Crippen LogP contribution in [-0.2, 0) is 5.41 Å². The summed E-state index contributed by atoms with van der Waals surface area (Å²) in [4.78, 5) is 12.9. The van der Waals surface area contributed by atoms with Gasteiger partial charge in [-0.2, -0.15) is 0 Å². The third-order valence-corrected chi connectivity index (χ3v) is 5.04. The van der Waals surface area contributed by atoms with Gasteiger partial charge in [0, 0.05) is 0 Å². The van der Waals surface area contributed by atoms with E-state index >= 15 is 0 Å². The Kier molecular flexibility index (Phi) is 4.89. The van der Waals surface area contributed by atoms with Crippen molar-refractivity contribution >= 4 is 33.2 Å². The van der Waals surface area contributed by atoms with Crippen molar-refractivity contribution in [2.75, 3.05) is 0 Å². The molecule has 1 atom stereocenters. The van der Waals surface area contributed by atoms with E-state index in [1.807, 2.05) is 19.1 Å². The predicted octanol–water partition coefficient (Wildman–Crippen LogP) is 5.30. The van der Waals surface area contributed by atoms with Gasteiger partial charge in [-0.15, -0.1) is 11.3 Å². The zero-order valence-electron chi connectivity index (χ0n) is 12.7. The van der Waals surface area contributed by atoms with Gasteiger partial charge in [0.2, 0.25) is 0 Å². The third-order valence-electron chi connectivity index (χ3n) is 3.42. The highest BCUT2D eigenvalue weighted by Gasteiger charge is 2.16. The molecule has 0 aliphatic rings. The average molecular weight is 366 g/mol. The van der Waals surface area contributed by atoms with E-state index in [2.05, 4.69) is 66.3 Å². The molecule has 0 aliphatic heterocycles. The van der Waals surface area contributed by atoms with Crippen LogP contribution >= 0.6 is 27.3 Å². The van der Waals surface area contributed by atoms with Crippen molar-refractivity contribution < 1.29 is 4.79 Å². The van der Waals surface area contributed by atoms with Crippen LogP contribution < -0.4 is 5.32 Å². The van der Waals surface area contributed by atoms with Crippen molar-refractivity contribution in [3.05, 3.63) is 56.2 Å². The molecule has 0 aliphatic carbocycles. The van der Waals surface area contributed by atoms with Crippen LogP contribution in [0.3, 0.4) is 0 Å². The molecule has 4 heteroatoms. The monoisotopic (exact) mass is 365 g/mol. The zero-order chi connectivity index (χ0) is 15.6. The average Bonchev–Trinajstić information content (AvgIpc) is 2.84. The quantitative estimate of drug-likeness (QED) is 0.785. The minimum Gasteiger partial charge on any atom is -0.345 e. The lowest BCUT2D eigenvalue weighted by Gasteiger charge is -2.20. The molecule has 1 aromatic carbocycles. The molecule has 0 bridgehead atoms. The molecule has 1 amide bonds. The standard InChI is InChI=1S/C17H20BrNOS/c1-11(19-16(20)14-9-10-15(18)21-14)12-5-7-13(8-6-12)17(2,3)4/h5-11H,1-4H3,(H,19,20).